The normalized spacial score (nSPS) is 16.6. The molecule has 5 rings (SSSR count). The van der Waals surface area contributed by atoms with Gasteiger partial charge in [-0.1, -0.05) is 42.0 Å². The number of carbonyl (C=O) groups is 1. The van der Waals surface area contributed by atoms with Crippen LogP contribution in [0.2, 0.25) is 0 Å². The molecule has 3 heterocycles. The second kappa shape index (κ2) is 9.77. The molecule has 0 aliphatic carbocycles. The van der Waals surface area contributed by atoms with Crippen molar-refractivity contribution in [1.82, 2.24) is 14.9 Å². The summed E-state index contributed by atoms with van der Waals surface area (Å²) in [5.41, 5.74) is 3.17. The minimum atomic E-state index is -0.220. The van der Waals surface area contributed by atoms with Crippen LogP contribution >= 0.6 is 0 Å². The summed E-state index contributed by atoms with van der Waals surface area (Å²) < 4.78 is 19.7. The highest BCUT2D eigenvalue weighted by Gasteiger charge is 2.28. The summed E-state index contributed by atoms with van der Waals surface area (Å²) in [6.07, 6.45) is 1.65. The lowest BCUT2D eigenvalue weighted by Crippen LogP contribution is -2.48. The molecule has 7 nitrogen and oxygen atoms in total. The number of halogens is 1. The molecule has 2 saturated heterocycles. The average molecular weight is 462 g/mol. The fourth-order valence-electron chi connectivity index (χ4n) is 4.41. The highest BCUT2D eigenvalue weighted by molar-refractivity contribution is 5.99. The van der Waals surface area contributed by atoms with Crippen LogP contribution in [-0.2, 0) is 4.74 Å². The Morgan fingerprint density at radius 1 is 0.912 bits per heavy atom. The van der Waals surface area contributed by atoms with E-state index in [-0.39, 0.29) is 11.7 Å². The first-order valence-corrected chi connectivity index (χ1v) is 11.7. The Labute approximate surface area is 198 Å². The molecule has 0 spiro atoms. The van der Waals surface area contributed by atoms with Crippen LogP contribution in [0.4, 0.5) is 15.9 Å². The Kier molecular flexibility index (Phi) is 6.40. The van der Waals surface area contributed by atoms with Gasteiger partial charge in [0.1, 0.15) is 17.2 Å². The predicted octanol–water partition coefficient (Wildman–Crippen LogP) is 3.39. The first-order chi connectivity index (χ1) is 16.6. The molecule has 8 heteroatoms. The molecule has 1 aromatic heterocycles. The van der Waals surface area contributed by atoms with Crippen LogP contribution in [0.15, 0.2) is 54.7 Å². The largest absolute Gasteiger partial charge is 0.378 e. The molecule has 3 aromatic rings. The van der Waals surface area contributed by atoms with Gasteiger partial charge in [0, 0.05) is 51.0 Å². The van der Waals surface area contributed by atoms with E-state index in [1.54, 1.807) is 23.2 Å². The summed E-state index contributed by atoms with van der Waals surface area (Å²) >= 11 is 0. The Morgan fingerprint density at radius 3 is 2.29 bits per heavy atom. The number of anilines is 2. The van der Waals surface area contributed by atoms with Crippen LogP contribution in [0.1, 0.15) is 15.9 Å². The van der Waals surface area contributed by atoms with Crippen LogP contribution < -0.4 is 9.80 Å². The van der Waals surface area contributed by atoms with Crippen molar-refractivity contribution in [2.75, 3.05) is 62.3 Å². The third-order valence-electron chi connectivity index (χ3n) is 6.38. The number of aromatic nitrogens is 2. The van der Waals surface area contributed by atoms with Gasteiger partial charge in [-0.25, -0.2) is 14.4 Å². The van der Waals surface area contributed by atoms with Gasteiger partial charge in [0.2, 0.25) is 0 Å². The molecule has 2 aromatic carbocycles. The van der Waals surface area contributed by atoms with E-state index < -0.39 is 0 Å². The molecule has 0 bridgehead atoms. The summed E-state index contributed by atoms with van der Waals surface area (Å²) in [6.45, 7) is 6.73. The zero-order valence-electron chi connectivity index (χ0n) is 19.3. The third kappa shape index (κ3) is 4.59. The zero-order chi connectivity index (χ0) is 23.5. The van der Waals surface area contributed by atoms with Crippen molar-refractivity contribution in [3.63, 3.8) is 0 Å². The molecular formula is C26H28FN5O2. The quantitative estimate of drug-likeness (QED) is 0.594. The van der Waals surface area contributed by atoms with Crippen LogP contribution in [0, 0.1) is 12.7 Å². The van der Waals surface area contributed by atoms with Crippen molar-refractivity contribution >= 4 is 17.4 Å². The highest BCUT2D eigenvalue weighted by Crippen LogP contribution is 2.27. The van der Waals surface area contributed by atoms with Crippen LogP contribution in [-0.4, -0.2) is 73.3 Å². The maximum absolute atomic E-state index is 14.3. The van der Waals surface area contributed by atoms with Gasteiger partial charge in [-0.05, 0) is 19.1 Å². The molecule has 0 atom stereocenters. The van der Waals surface area contributed by atoms with Crippen molar-refractivity contribution < 1.29 is 13.9 Å². The van der Waals surface area contributed by atoms with Gasteiger partial charge < -0.3 is 19.4 Å². The smallest absolute Gasteiger partial charge is 0.259 e. The Bertz CT molecular complexity index is 1160. The number of piperazine rings is 1. The summed E-state index contributed by atoms with van der Waals surface area (Å²) in [5, 5.41) is 0. The second-order valence-electron chi connectivity index (χ2n) is 8.63. The molecule has 0 N–H and O–H groups in total. The first-order valence-electron chi connectivity index (χ1n) is 11.7. The van der Waals surface area contributed by atoms with E-state index >= 15 is 0 Å². The summed E-state index contributed by atoms with van der Waals surface area (Å²) in [7, 11) is 0. The fourth-order valence-corrected chi connectivity index (χ4v) is 4.41. The van der Waals surface area contributed by atoms with Gasteiger partial charge in [0.15, 0.2) is 5.82 Å². The molecule has 176 valence electrons. The first kappa shape index (κ1) is 22.3. The topological polar surface area (TPSA) is 61.8 Å². The molecule has 0 unspecified atom stereocenters. The second-order valence-corrected chi connectivity index (χ2v) is 8.63. The predicted molar refractivity (Wildman–Crippen MR) is 130 cm³/mol. The van der Waals surface area contributed by atoms with Gasteiger partial charge >= 0.3 is 0 Å². The van der Waals surface area contributed by atoms with E-state index in [4.69, 9.17) is 9.72 Å². The number of carbonyl (C=O) groups excluding carboxylic acids is 1. The number of rotatable bonds is 4. The molecule has 1 amide bonds. The minimum Gasteiger partial charge on any atom is -0.378 e. The number of hydrogen-bond donors (Lipinski definition) is 0. The number of aryl methyl sites for hydroxylation is 1. The number of hydrogen-bond acceptors (Lipinski definition) is 6. The van der Waals surface area contributed by atoms with Crippen molar-refractivity contribution in [3.05, 3.63) is 71.7 Å². The molecule has 0 saturated carbocycles. The van der Waals surface area contributed by atoms with Crippen LogP contribution in [0.25, 0.3) is 11.4 Å². The van der Waals surface area contributed by atoms with E-state index in [0.29, 0.717) is 75.4 Å². The monoisotopic (exact) mass is 461 g/mol. The lowest BCUT2D eigenvalue weighted by Gasteiger charge is -2.38. The summed E-state index contributed by atoms with van der Waals surface area (Å²) in [6, 6.07) is 14.9. The van der Waals surface area contributed by atoms with Crippen molar-refractivity contribution in [3.8, 4) is 11.4 Å². The van der Waals surface area contributed by atoms with Crippen LogP contribution in [0.5, 0.6) is 0 Å². The van der Waals surface area contributed by atoms with Gasteiger partial charge in [-0.2, -0.15) is 0 Å². The Hall–Kier alpha value is -3.52. The van der Waals surface area contributed by atoms with E-state index in [2.05, 4.69) is 9.88 Å². The fraction of sp³-hybridized carbons (Fsp3) is 0.346. The average Bonchev–Trinajstić information content (AvgIpc) is 2.89. The number of morpholine rings is 1. The van der Waals surface area contributed by atoms with E-state index in [1.165, 1.54) is 6.07 Å². The third-order valence-corrected chi connectivity index (χ3v) is 6.38. The Morgan fingerprint density at radius 2 is 1.59 bits per heavy atom. The van der Waals surface area contributed by atoms with Crippen molar-refractivity contribution in [1.29, 1.82) is 0 Å². The van der Waals surface area contributed by atoms with Crippen molar-refractivity contribution in [2.24, 2.45) is 0 Å². The summed E-state index contributed by atoms with van der Waals surface area (Å²) in [4.78, 5) is 28.8. The van der Waals surface area contributed by atoms with Gasteiger partial charge in [-0.15, -0.1) is 0 Å². The van der Waals surface area contributed by atoms with Gasteiger partial charge in [0.25, 0.3) is 5.91 Å². The van der Waals surface area contributed by atoms with E-state index in [1.807, 2.05) is 42.2 Å². The standard InChI is InChI=1S/C26H28FN5O2/c1-19-6-8-20(9-7-19)24-28-18-21(26(33)32-14-16-34-17-15-32)25(29-24)31-12-10-30(11-13-31)23-5-3-2-4-22(23)27/h2-9,18H,10-17H2,1H3. The van der Waals surface area contributed by atoms with Crippen LogP contribution in [0.3, 0.4) is 0 Å². The molecule has 0 radical (unpaired) electrons. The number of ether oxygens (including phenoxy) is 1. The van der Waals surface area contributed by atoms with Crippen molar-refractivity contribution in [2.45, 2.75) is 6.92 Å². The SMILES string of the molecule is Cc1ccc(-c2ncc(C(=O)N3CCOCC3)c(N3CCN(c4ccccc4F)CC3)n2)cc1. The molecule has 2 aliphatic rings. The molecule has 2 fully saturated rings. The number of benzene rings is 2. The molecule has 2 aliphatic heterocycles. The number of nitrogens with zero attached hydrogens (tertiary/aromatic N) is 5. The molecule has 34 heavy (non-hydrogen) atoms. The molecular weight excluding hydrogens is 433 g/mol. The maximum Gasteiger partial charge on any atom is 0.259 e. The van der Waals surface area contributed by atoms with E-state index in [0.717, 1.165) is 11.1 Å². The minimum absolute atomic E-state index is 0.0784. The van der Waals surface area contributed by atoms with Gasteiger partial charge in [-0.3, -0.25) is 4.79 Å². The number of para-hydroxylation sites is 1. The zero-order valence-corrected chi connectivity index (χ0v) is 19.3. The Balaban J connectivity index is 1.44. The number of amides is 1. The maximum atomic E-state index is 14.3. The van der Waals surface area contributed by atoms with Gasteiger partial charge in [0.05, 0.1) is 18.9 Å². The van der Waals surface area contributed by atoms with E-state index in [9.17, 15) is 9.18 Å². The lowest BCUT2D eigenvalue weighted by atomic mass is 10.1. The highest BCUT2D eigenvalue weighted by atomic mass is 19.1. The summed E-state index contributed by atoms with van der Waals surface area (Å²) in [5.74, 6) is 0.924. The lowest BCUT2D eigenvalue weighted by molar-refractivity contribution is 0.0302.